The van der Waals surface area contributed by atoms with E-state index in [4.69, 9.17) is 14.6 Å². The van der Waals surface area contributed by atoms with Crippen LogP contribution in [0.5, 0.6) is 0 Å². The number of benzene rings is 2. The molecule has 3 atom stereocenters. The Morgan fingerprint density at radius 1 is 1.03 bits per heavy atom. The molecular formula is C27H30N2O6. The summed E-state index contributed by atoms with van der Waals surface area (Å²) in [5, 5.41) is 12.0. The van der Waals surface area contributed by atoms with Crippen molar-refractivity contribution in [2.75, 3.05) is 26.3 Å². The zero-order valence-electron chi connectivity index (χ0n) is 19.5. The average Bonchev–Trinajstić information content (AvgIpc) is 3.58. The van der Waals surface area contributed by atoms with Crippen LogP contribution in [0.4, 0.5) is 4.79 Å². The lowest BCUT2D eigenvalue weighted by atomic mass is 9.98. The number of nitrogens with zero attached hydrogens (tertiary/aromatic N) is 1. The molecule has 5 rings (SSSR count). The molecule has 8 heteroatoms. The van der Waals surface area contributed by atoms with Gasteiger partial charge in [-0.25, -0.2) is 4.79 Å². The lowest BCUT2D eigenvalue weighted by Crippen LogP contribution is -2.46. The van der Waals surface area contributed by atoms with Crippen LogP contribution in [-0.2, 0) is 19.1 Å². The van der Waals surface area contributed by atoms with Crippen molar-refractivity contribution in [2.24, 2.45) is 5.92 Å². The van der Waals surface area contributed by atoms with Crippen LogP contribution in [0.2, 0.25) is 0 Å². The molecule has 1 aliphatic carbocycles. The molecule has 0 saturated carbocycles. The minimum atomic E-state index is -0.907. The Morgan fingerprint density at radius 2 is 1.71 bits per heavy atom. The van der Waals surface area contributed by atoms with Crippen LogP contribution >= 0.6 is 0 Å². The van der Waals surface area contributed by atoms with Crippen molar-refractivity contribution in [3.8, 4) is 11.1 Å². The van der Waals surface area contributed by atoms with E-state index in [1.165, 1.54) is 11.1 Å². The number of fused-ring (bicyclic) bond motifs is 3. The molecule has 2 amide bonds. The zero-order valence-corrected chi connectivity index (χ0v) is 19.5. The second-order valence-electron chi connectivity index (χ2n) is 9.47. The summed E-state index contributed by atoms with van der Waals surface area (Å²) in [5.74, 6) is -1.27. The van der Waals surface area contributed by atoms with Crippen LogP contribution in [0.1, 0.15) is 42.7 Å². The van der Waals surface area contributed by atoms with Gasteiger partial charge < -0.3 is 24.8 Å². The van der Waals surface area contributed by atoms with Gasteiger partial charge in [0, 0.05) is 37.6 Å². The maximum Gasteiger partial charge on any atom is 0.407 e. The predicted molar refractivity (Wildman–Crippen MR) is 128 cm³/mol. The van der Waals surface area contributed by atoms with Crippen LogP contribution in [0.15, 0.2) is 48.5 Å². The van der Waals surface area contributed by atoms with E-state index < -0.39 is 18.2 Å². The van der Waals surface area contributed by atoms with Gasteiger partial charge in [-0.15, -0.1) is 0 Å². The summed E-state index contributed by atoms with van der Waals surface area (Å²) in [4.78, 5) is 38.4. The predicted octanol–water partition coefficient (Wildman–Crippen LogP) is 3.40. The van der Waals surface area contributed by atoms with Crippen molar-refractivity contribution in [3.63, 3.8) is 0 Å². The third kappa shape index (κ3) is 4.75. The summed E-state index contributed by atoms with van der Waals surface area (Å²) in [7, 11) is 0. The second kappa shape index (κ2) is 10.1. The van der Waals surface area contributed by atoms with Gasteiger partial charge in [-0.1, -0.05) is 48.5 Å². The highest BCUT2D eigenvalue weighted by Gasteiger charge is 2.41. The first-order valence-electron chi connectivity index (χ1n) is 12.3. The summed E-state index contributed by atoms with van der Waals surface area (Å²) in [6, 6.07) is 16.1. The van der Waals surface area contributed by atoms with Crippen LogP contribution in [0, 0.1) is 5.92 Å². The maximum absolute atomic E-state index is 13.1. The topological polar surface area (TPSA) is 105 Å². The van der Waals surface area contributed by atoms with Crippen molar-refractivity contribution in [2.45, 2.75) is 43.7 Å². The highest BCUT2D eigenvalue weighted by atomic mass is 16.5. The number of carboxylic acid groups (broad SMARTS) is 1. The van der Waals surface area contributed by atoms with Gasteiger partial charge in [-0.3, -0.25) is 9.59 Å². The van der Waals surface area contributed by atoms with Crippen molar-refractivity contribution in [1.82, 2.24) is 10.2 Å². The van der Waals surface area contributed by atoms with Crippen LogP contribution in [0.3, 0.4) is 0 Å². The molecule has 2 heterocycles. The van der Waals surface area contributed by atoms with Gasteiger partial charge in [0.2, 0.25) is 0 Å². The van der Waals surface area contributed by atoms with Crippen molar-refractivity contribution in [3.05, 3.63) is 59.7 Å². The highest BCUT2D eigenvalue weighted by Crippen LogP contribution is 2.44. The van der Waals surface area contributed by atoms with E-state index in [1.54, 1.807) is 4.90 Å². The molecule has 2 aromatic carbocycles. The number of aliphatic carboxylic acids is 1. The van der Waals surface area contributed by atoms with E-state index in [1.807, 2.05) is 24.3 Å². The minimum Gasteiger partial charge on any atom is -0.481 e. The van der Waals surface area contributed by atoms with Gasteiger partial charge in [0.1, 0.15) is 12.7 Å². The number of carboxylic acids is 1. The maximum atomic E-state index is 13.1. The Morgan fingerprint density at radius 3 is 2.40 bits per heavy atom. The molecule has 2 fully saturated rings. The first kappa shape index (κ1) is 23.4. The molecule has 3 aliphatic rings. The molecule has 2 N–H and O–H groups in total. The summed E-state index contributed by atoms with van der Waals surface area (Å²) < 4.78 is 11.3. The van der Waals surface area contributed by atoms with E-state index in [2.05, 4.69) is 29.6 Å². The molecule has 0 radical (unpaired) electrons. The fourth-order valence-electron chi connectivity index (χ4n) is 5.68. The van der Waals surface area contributed by atoms with Crippen LogP contribution in [-0.4, -0.2) is 66.4 Å². The highest BCUT2D eigenvalue weighted by molar-refractivity contribution is 5.83. The van der Waals surface area contributed by atoms with E-state index in [9.17, 15) is 14.4 Å². The number of hydrogen-bond acceptors (Lipinski definition) is 5. The number of carbonyl (C=O) groups is 3. The molecule has 8 nitrogen and oxygen atoms in total. The van der Waals surface area contributed by atoms with Gasteiger partial charge in [0.05, 0.1) is 6.42 Å². The van der Waals surface area contributed by atoms with Crippen molar-refractivity contribution >= 4 is 18.0 Å². The fraction of sp³-hybridized carbons (Fsp3) is 0.444. The number of likely N-dealkylation sites (tertiary alicyclic amines) is 1. The SMILES string of the molecule is O=C(O)C[C@@H]1CCCN1C(=O)[C@@H]1OCC[C@@H]1CNC(=O)OCC1c2ccccc2-c2ccccc21. The van der Waals surface area contributed by atoms with Crippen LogP contribution < -0.4 is 5.32 Å². The Balaban J connectivity index is 1.16. The lowest BCUT2D eigenvalue weighted by molar-refractivity contribution is -0.145. The number of carbonyl (C=O) groups excluding carboxylic acids is 2. The Labute approximate surface area is 204 Å². The molecular weight excluding hydrogens is 448 g/mol. The lowest BCUT2D eigenvalue weighted by Gasteiger charge is -2.28. The summed E-state index contributed by atoms with van der Waals surface area (Å²) >= 11 is 0. The van der Waals surface area contributed by atoms with E-state index in [-0.39, 0.29) is 43.4 Å². The summed E-state index contributed by atoms with van der Waals surface area (Å²) in [5.41, 5.74) is 4.64. The number of nitrogens with one attached hydrogen (secondary N) is 1. The molecule has 0 unspecified atom stereocenters. The van der Waals surface area contributed by atoms with Gasteiger partial charge in [0.25, 0.3) is 5.91 Å². The first-order chi connectivity index (χ1) is 17.0. The average molecular weight is 479 g/mol. The fourth-order valence-corrected chi connectivity index (χ4v) is 5.68. The molecule has 0 bridgehead atoms. The molecule has 35 heavy (non-hydrogen) atoms. The largest absolute Gasteiger partial charge is 0.481 e. The Bertz CT molecular complexity index is 1070. The van der Waals surface area contributed by atoms with Crippen LogP contribution in [0.25, 0.3) is 11.1 Å². The van der Waals surface area contributed by atoms with Gasteiger partial charge in [-0.2, -0.15) is 0 Å². The van der Waals surface area contributed by atoms with Gasteiger partial charge >= 0.3 is 12.1 Å². The van der Waals surface area contributed by atoms with E-state index in [0.29, 0.717) is 26.0 Å². The Hall–Kier alpha value is -3.39. The zero-order chi connectivity index (χ0) is 24.4. The normalized spacial score (nSPS) is 23.1. The Kier molecular flexibility index (Phi) is 6.72. The standard InChI is InChI=1S/C27H30N2O6/c30-24(31)14-18-6-5-12-29(18)26(32)25-17(11-13-34-25)15-28-27(33)35-16-23-21-9-3-1-7-19(21)20-8-2-4-10-22(20)23/h1-4,7-10,17-18,23,25H,5-6,11-16H2,(H,28,33)(H,30,31)/t17-,18+,25-/m1/s1. The molecule has 2 aliphatic heterocycles. The number of amides is 2. The first-order valence-corrected chi connectivity index (χ1v) is 12.3. The molecule has 2 saturated heterocycles. The molecule has 0 spiro atoms. The minimum absolute atomic E-state index is 0.0152. The van der Waals surface area contributed by atoms with Crippen molar-refractivity contribution < 1.29 is 29.0 Å². The van der Waals surface area contributed by atoms with E-state index >= 15 is 0 Å². The van der Waals surface area contributed by atoms with E-state index in [0.717, 1.165) is 17.5 Å². The molecule has 2 aromatic rings. The number of ether oxygens (including phenoxy) is 2. The van der Waals surface area contributed by atoms with Gasteiger partial charge in [0.15, 0.2) is 0 Å². The number of rotatable bonds is 7. The van der Waals surface area contributed by atoms with Crippen molar-refractivity contribution in [1.29, 1.82) is 0 Å². The molecule has 0 aromatic heterocycles. The second-order valence-corrected chi connectivity index (χ2v) is 9.47. The number of alkyl carbamates (subject to hydrolysis) is 1. The smallest absolute Gasteiger partial charge is 0.407 e. The monoisotopic (exact) mass is 478 g/mol. The van der Waals surface area contributed by atoms with Gasteiger partial charge in [-0.05, 0) is 41.5 Å². The quantitative estimate of drug-likeness (QED) is 0.632. The molecule has 184 valence electrons. The summed E-state index contributed by atoms with van der Waals surface area (Å²) in [6.45, 7) is 1.48. The number of hydrogen-bond donors (Lipinski definition) is 2. The summed E-state index contributed by atoms with van der Waals surface area (Å²) in [6.07, 6.45) is 0.888. The third-order valence-electron chi connectivity index (χ3n) is 7.38. The third-order valence-corrected chi connectivity index (χ3v) is 7.38.